The van der Waals surface area contributed by atoms with Crippen LogP contribution in [-0.2, 0) is 35.3 Å². The maximum Gasteiger partial charge on any atom is 0.339 e. The van der Waals surface area contributed by atoms with Crippen LogP contribution in [0.3, 0.4) is 0 Å². The summed E-state index contributed by atoms with van der Waals surface area (Å²) in [5.74, 6) is -0.805. The summed E-state index contributed by atoms with van der Waals surface area (Å²) in [6.45, 7) is 1.85. The predicted octanol–water partition coefficient (Wildman–Crippen LogP) is 3.14. The molecule has 2 heterocycles. The lowest BCUT2D eigenvalue weighted by Crippen LogP contribution is -2.49. The second kappa shape index (κ2) is 9.41. The van der Waals surface area contributed by atoms with Crippen molar-refractivity contribution < 1.29 is 23.5 Å². The Bertz CT molecular complexity index is 1480. The first-order chi connectivity index (χ1) is 16.9. The summed E-state index contributed by atoms with van der Waals surface area (Å²) >= 11 is 0. The maximum atomic E-state index is 12.7. The van der Waals surface area contributed by atoms with Crippen molar-refractivity contribution in [1.82, 2.24) is 5.32 Å². The van der Waals surface area contributed by atoms with Crippen molar-refractivity contribution in [1.29, 1.82) is 0 Å². The van der Waals surface area contributed by atoms with Crippen LogP contribution in [0.2, 0.25) is 0 Å². The first kappa shape index (κ1) is 22.9. The van der Waals surface area contributed by atoms with Crippen LogP contribution in [0.1, 0.15) is 47.3 Å². The smallest absolute Gasteiger partial charge is 0.339 e. The summed E-state index contributed by atoms with van der Waals surface area (Å²) < 4.78 is 11.6. The third-order valence-electron chi connectivity index (χ3n) is 6.87. The molecule has 1 aliphatic rings. The average molecular weight is 473 g/mol. The summed E-state index contributed by atoms with van der Waals surface area (Å²) in [6, 6.07) is 11.7. The highest BCUT2D eigenvalue weighted by Crippen LogP contribution is 2.35. The van der Waals surface area contributed by atoms with Crippen LogP contribution >= 0.6 is 0 Å². The molecule has 0 bridgehead atoms. The number of benzene rings is 2. The number of carbonyl (C=O) groups excluding carboxylic acids is 2. The zero-order valence-electron chi connectivity index (χ0n) is 19.5. The average Bonchev–Trinajstić information content (AvgIpc) is 3.20. The second-order valence-electron chi connectivity index (χ2n) is 9.18. The first-order valence-electron chi connectivity index (χ1n) is 12.0. The van der Waals surface area contributed by atoms with Gasteiger partial charge in [-0.3, -0.25) is 4.79 Å². The van der Waals surface area contributed by atoms with Crippen molar-refractivity contribution in [3.8, 4) is 0 Å². The van der Waals surface area contributed by atoms with Gasteiger partial charge in [-0.2, -0.15) is 0 Å². The Labute approximate surface area is 201 Å². The minimum absolute atomic E-state index is 0.0426. The van der Waals surface area contributed by atoms with Gasteiger partial charge < -0.3 is 24.1 Å². The molecule has 7 heteroatoms. The molecular formula is C28H26NO6-. The normalized spacial score (nSPS) is 14.1. The van der Waals surface area contributed by atoms with Crippen molar-refractivity contribution in [2.45, 2.75) is 57.9 Å². The number of carboxylic acid groups (broad SMARTS) is 1. The number of fused-ring (bicyclic) bond motifs is 4. The molecule has 0 spiro atoms. The number of furan rings is 1. The largest absolute Gasteiger partial charge is 0.548 e. The molecule has 0 aliphatic heterocycles. The lowest BCUT2D eigenvalue weighted by atomic mass is 9.94. The third-order valence-corrected chi connectivity index (χ3v) is 6.87. The molecule has 1 aliphatic carbocycles. The Morgan fingerprint density at radius 2 is 1.77 bits per heavy atom. The summed E-state index contributed by atoms with van der Waals surface area (Å²) in [6.07, 6.45) is 4.34. The third kappa shape index (κ3) is 4.58. The first-order valence-corrected chi connectivity index (χ1v) is 12.0. The van der Waals surface area contributed by atoms with Gasteiger partial charge in [0.15, 0.2) is 0 Å². The molecule has 1 atom stereocenters. The van der Waals surface area contributed by atoms with Crippen LogP contribution in [0, 0.1) is 6.92 Å². The van der Waals surface area contributed by atoms with Crippen LogP contribution in [-0.4, -0.2) is 17.9 Å². The van der Waals surface area contributed by atoms with Crippen molar-refractivity contribution >= 4 is 33.8 Å². The van der Waals surface area contributed by atoms with Gasteiger partial charge in [-0.25, -0.2) is 4.79 Å². The zero-order chi connectivity index (χ0) is 24.5. The van der Waals surface area contributed by atoms with Crippen molar-refractivity contribution in [2.24, 2.45) is 0 Å². The van der Waals surface area contributed by atoms with Gasteiger partial charge in [-0.05, 0) is 56.2 Å². The Hall–Kier alpha value is -3.87. The van der Waals surface area contributed by atoms with Gasteiger partial charge in [0.05, 0.1) is 12.0 Å². The number of rotatable bonds is 7. The molecule has 7 nitrogen and oxygen atoms in total. The van der Waals surface area contributed by atoms with Crippen LogP contribution in [0.5, 0.6) is 0 Å². The molecule has 0 saturated carbocycles. The molecule has 4 aromatic rings. The Balaban J connectivity index is 1.36. The van der Waals surface area contributed by atoms with E-state index < -0.39 is 23.5 Å². The van der Waals surface area contributed by atoms with Crippen molar-refractivity contribution in [3.05, 3.63) is 80.9 Å². The molecule has 0 fully saturated rings. The van der Waals surface area contributed by atoms with Crippen LogP contribution < -0.4 is 16.0 Å². The van der Waals surface area contributed by atoms with Gasteiger partial charge in [0.25, 0.3) is 0 Å². The maximum absolute atomic E-state index is 12.7. The van der Waals surface area contributed by atoms with E-state index in [1.165, 1.54) is 5.56 Å². The number of carbonyl (C=O) groups is 2. The fourth-order valence-corrected chi connectivity index (χ4v) is 4.98. The van der Waals surface area contributed by atoms with Gasteiger partial charge in [0.1, 0.15) is 16.9 Å². The summed E-state index contributed by atoms with van der Waals surface area (Å²) in [5, 5.41) is 15.9. The molecule has 2 aromatic carbocycles. The minimum atomic E-state index is -1.35. The molecule has 35 heavy (non-hydrogen) atoms. The fourth-order valence-electron chi connectivity index (χ4n) is 4.98. The predicted molar refractivity (Wildman–Crippen MR) is 129 cm³/mol. The number of hydrogen-bond acceptors (Lipinski definition) is 6. The molecule has 0 unspecified atom stereocenters. The van der Waals surface area contributed by atoms with Gasteiger partial charge in [-0.1, -0.05) is 30.3 Å². The Kier molecular flexibility index (Phi) is 6.16. The molecule has 180 valence electrons. The zero-order valence-corrected chi connectivity index (χ0v) is 19.5. The number of hydrogen-bond donors (Lipinski definition) is 1. The van der Waals surface area contributed by atoms with Crippen molar-refractivity contribution in [3.63, 3.8) is 0 Å². The second-order valence-corrected chi connectivity index (χ2v) is 9.18. The van der Waals surface area contributed by atoms with Crippen LogP contribution in [0.25, 0.3) is 21.9 Å². The Morgan fingerprint density at radius 3 is 2.54 bits per heavy atom. The molecule has 1 amide bonds. The van der Waals surface area contributed by atoms with E-state index in [9.17, 15) is 19.5 Å². The van der Waals surface area contributed by atoms with Gasteiger partial charge in [0.2, 0.25) is 5.91 Å². The molecule has 0 radical (unpaired) electrons. The summed E-state index contributed by atoms with van der Waals surface area (Å²) in [7, 11) is 0. The van der Waals surface area contributed by atoms with E-state index in [-0.39, 0.29) is 19.3 Å². The highest BCUT2D eigenvalue weighted by Gasteiger charge is 2.21. The number of amides is 1. The van der Waals surface area contributed by atoms with Gasteiger partial charge in [0, 0.05) is 40.8 Å². The fraction of sp³-hybridized carbons (Fsp3) is 0.321. The summed E-state index contributed by atoms with van der Waals surface area (Å²) in [5.41, 5.74) is 3.87. The van der Waals surface area contributed by atoms with Crippen LogP contribution in [0.4, 0.5) is 0 Å². The van der Waals surface area contributed by atoms with E-state index in [2.05, 4.69) is 5.32 Å². The lowest BCUT2D eigenvalue weighted by molar-refractivity contribution is -0.308. The topological polar surface area (TPSA) is 113 Å². The quantitative estimate of drug-likeness (QED) is 0.414. The van der Waals surface area contributed by atoms with E-state index in [0.29, 0.717) is 11.1 Å². The monoisotopic (exact) mass is 472 g/mol. The minimum Gasteiger partial charge on any atom is -0.548 e. The molecule has 2 aromatic heterocycles. The van der Waals surface area contributed by atoms with Gasteiger partial charge in [-0.15, -0.1) is 0 Å². The van der Waals surface area contributed by atoms with E-state index in [1.807, 2.05) is 19.1 Å². The number of carboxylic acids is 1. The number of aryl methyl sites for hydroxylation is 3. The molecule has 5 rings (SSSR count). The number of nitrogens with one attached hydrogen (secondary N) is 1. The van der Waals surface area contributed by atoms with Gasteiger partial charge >= 0.3 is 5.63 Å². The standard InChI is InChI=1S/C28H27NO6/c1-16-18(11-12-26(30)29-22(27(31)32)13-17-7-3-2-4-8-17)28(33)35-24-15-25-21(14-20(16)24)19-9-5-6-10-23(19)34-25/h2-4,7-8,14-15,22H,5-6,9-13H2,1H3,(H,29,30)(H,31,32)/p-1/t22-/m0/s1. The van der Waals surface area contributed by atoms with E-state index in [0.717, 1.165) is 58.9 Å². The summed E-state index contributed by atoms with van der Waals surface area (Å²) in [4.78, 5) is 36.9. The highest BCUT2D eigenvalue weighted by atomic mass is 16.4. The highest BCUT2D eigenvalue weighted by molar-refractivity contribution is 5.97. The Morgan fingerprint density at radius 1 is 1.03 bits per heavy atom. The van der Waals surface area contributed by atoms with E-state index in [1.54, 1.807) is 30.3 Å². The van der Waals surface area contributed by atoms with Crippen molar-refractivity contribution in [2.75, 3.05) is 0 Å². The molecular weight excluding hydrogens is 446 g/mol. The van der Waals surface area contributed by atoms with Crippen LogP contribution in [0.15, 0.2) is 56.1 Å². The van der Waals surface area contributed by atoms with E-state index >= 15 is 0 Å². The SMILES string of the molecule is Cc1c(CCC(=O)N[C@@H](Cc2ccccc2)C(=O)[O-])c(=O)oc2cc3oc4c(c3cc12)CCCC4. The van der Waals surface area contributed by atoms with E-state index in [4.69, 9.17) is 8.83 Å². The number of aliphatic carboxylic acids is 1. The lowest BCUT2D eigenvalue weighted by Gasteiger charge is -2.20. The molecule has 0 saturated heterocycles. The molecule has 1 N–H and O–H groups in total.